The van der Waals surface area contributed by atoms with Gasteiger partial charge in [-0.1, -0.05) is 6.07 Å². The summed E-state index contributed by atoms with van der Waals surface area (Å²) in [7, 11) is 0. The summed E-state index contributed by atoms with van der Waals surface area (Å²) in [5.74, 6) is -0.0398. The van der Waals surface area contributed by atoms with Gasteiger partial charge in [0.15, 0.2) is 0 Å². The molecular formula is C14H16N2O2. The van der Waals surface area contributed by atoms with E-state index in [1.807, 2.05) is 30.5 Å². The number of fused-ring (bicyclic) bond motifs is 1. The molecule has 2 heterocycles. The molecule has 18 heavy (non-hydrogen) atoms. The van der Waals surface area contributed by atoms with E-state index in [1.165, 1.54) is 0 Å². The number of aromatic nitrogens is 1. The quantitative estimate of drug-likeness (QED) is 0.868. The summed E-state index contributed by atoms with van der Waals surface area (Å²) < 4.78 is 5.48. The minimum atomic E-state index is -0.0398. The van der Waals surface area contributed by atoms with Crippen molar-refractivity contribution in [3.8, 4) is 0 Å². The Bertz CT molecular complexity index is 556. The number of nitrogens with one attached hydrogen (secondary N) is 2. The van der Waals surface area contributed by atoms with Crippen molar-refractivity contribution >= 4 is 16.8 Å². The minimum Gasteiger partial charge on any atom is -0.376 e. The maximum Gasteiger partial charge on any atom is 0.251 e. The van der Waals surface area contributed by atoms with E-state index < -0.39 is 0 Å². The first-order chi connectivity index (χ1) is 8.83. The number of H-pyrrole nitrogens is 1. The van der Waals surface area contributed by atoms with Crippen LogP contribution in [0.4, 0.5) is 0 Å². The molecule has 1 aromatic carbocycles. The number of carbonyl (C=O) groups is 1. The number of rotatable bonds is 3. The first-order valence-electron chi connectivity index (χ1n) is 6.30. The van der Waals surface area contributed by atoms with Crippen molar-refractivity contribution in [2.75, 3.05) is 13.2 Å². The summed E-state index contributed by atoms with van der Waals surface area (Å²) in [6.07, 6.45) is 4.19. The highest BCUT2D eigenvalue weighted by molar-refractivity contribution is 5.97. The molecule has 0 bridgehead atoms. The zero-order valence-electron chi connectivity index (χ0n) is 10.1. The Balaban J connectivity index is 1.67. The average Bonchev–Trinajstić information content (AvgIpc) is 3.05. The van der Waals surface area contributed by atoms with E-state index in [0.717, 1.165) is 30.4 Å². The maximum absolute atomic E-state index is 12.0. The molecular weight excluding hydrogens is 228 g/mol. The Kier molecular flexibility index (Phi) is 3.02. The Hall–Kier alpha value is -1.81. The van der Waals surface area contributed by atoms with E-state index in [9.17, 15) is 4.79 Å². The first-order valence-corrected chi connectivity index (χ1v) is 6.30. The predicted molar refractivity (Wildman–Crippen MR) is 69.6 cm³/mol. The van der Waals surface area contributed by atoms with Crippen molar-refractivity contribution < 1.29 is 9.53 Å². The van der Waals surface area contributed by atoms with E-state index in [4.69, 9.17) is 4.74 Å². The smallest absolute Gasteiger partial charge is 0.251 e. The van der Waals surface area contributed by atoms with E-state index in [0.29, 0.717) is 12.1 Å². The van der Waals surface area contributed by atoms with Gasteiger partial charge in [0.25, 0.3) is 5.91 Å². The third-order valence-corrected chi connectivity index (χ3v) is 3.33. The molecule has 0 aliphatic carbocycles. The normalized spacial score (nSPS) is 19.2. The molecule has 1 aliphatic rings. The van der Waals surface area contributed by atoms with Gasteiger partial charge in [0.1, 0.15) is 0 Å². The summed E-state index contributed by atoms with van der Waals surface area (Å²) >= 11 is 0. The minimum absolute atomic E-state index is 0.0398. The second-order valence-electron chi connectivity index (χ2n) is 4.62. The summed E-state index contributed by atoms with van der Waals surface area (Å²) in [5.41, 5.74) is 1.67. The Morgan fingerprint density at radius 3 is 3.22 bits per heavy atom. The van der Waals surface area contributed by atoms with Crippen LogP contribution in [0.15, 0.2) is 30.5 Å². The third-order valence-electron chi connectivity index (χ3n) is 3.33. The topological polar surface area (TPSA) is 54.1 Å². The van der Waals surface area contributed by atoms with Gasteiger partial charge in [0, 0.05) is 30.4 Å². The molecule has 0 saturated carbocycles. The summed E-state index contributed by atoms with van der Waals surface area (Å²) in [6.45, 7) is 1.41. The van der Waals surface area contributed by atoms with Gasteiger partial charge < -0.3 is 15.0 Å². The van der Waals surface area contributed by atoms with Crippen LogP contribution < -0.4 is 5.32 Å². The summed E-state index contributed by atoms with van der Waals surface area (Å²) in [6, 6.07) is 7.66. The highest BCUT2D eigenvalue weighted by Gasteiger charge is 2.16. The van der Waals surface area contributed by atoms with E-state index in [-0.39, 0.29) is 12.0 Å². The van der Waals surface area contributed by atoms with Crippen LogP contribution in [0.1, 0.15) is 23.2 Å². The van der Waals surface area contributed by atoms with E-state index >= 15 is 0 Å². The van der Waals surface area contributed by atoms with Crippen LogP contribution in [0, 0.1) is 0 Å². The lowest BCUT2D eigenvalue weighted by molar-refractivity contribution is 0.0858. The number of carbonyl (C=O) groups excluding carboxylic acids is 1. The molecule has 2 N–H and O–H groups in total. The predicted octanol–water partition coefficient (Wildman–Crippen LogP) is 2.08. The fourth-order valence-electron chi connectivity index (χ4n) is 2.30. The van der Waals surface area contributed by atoms with Crippen LogP contribution in [-0.2, 0) is 4.74 Å². The lowest BCUT2D eigenvalue weighted by atomic mass is 10.1. The number of hydrogen-bond donors (Lipinski definition) is 2. The molecule has 1 atom stereocenters. The number of benzene rings is 1. The van der Waals surface area contributed by atoms with Gasteiger partial charge in [-0.15, -0.1) is 0 Å². The van der Waals surface area contributed by atoms with Gasteiger partial charge in [-0.25, -0.2) is 0 Å². The van der Waals surface area contributed by atoms with Crippen molar-refractivity contribution in [3.05, 3.63) is 36.0 Å². The van der Waals surface area contributed by atoms with E-state index in [1.54, 1.807) is 0 Å². The molecule has 1 saturated heterocycles. The van der Waals surface area contributed by atoms with Gasteiger partial charge >= 0.3 is 0 Å². The Morgan fingerprint density at radius 1 is 1.44 bits per heavy atom. The molecule has 0 spiro atoms. The molecule has 4 nitrogen and oxygen atoms in total. The summed E-state index contributed by atoms with van der Waals surface area (Å²) in [4.78, 5) is 15.1. The molecule has 1 aromatic heterocycles. The van der Waals surface area contributed by atoms with Crippen molar-refractivity contribution in [2.24, 2.45) is 0 Å². The van der Waals surface area contributed by atoms with Crippen LogP contribution in [0.3, 0.4) is 0 Å². The second-order valence-corrected chi connectivity index (χ2v) is 4.62. The number of aromatic amines is 1. The lowest BCUT2D eigenvalue weighted by Crippen LogP contribution is -2.31. The monoisotopic (exact) mass is 244 g/mol. The lowest BCUT2D eigenvalue weighted by Gasteiger charge is -2.10. The fourth-order valence-corrected chi connectivity index (χ4v) is 2.30. The highest BCUT2D eigenvalue weighted by Crippen LogP contribution is 2.14. The summed E-state index contributed by atoms with van der Waals surface area (Å²) in [5, 5.41) is 4.04. The van der Waals surface area contributed by atoms with Crippen LogP contribution in [-0.4, -0.2) is 30.1 Å². The van der Waals surface area contributed by atoms with Crippen molar-refractivity contribution in [1.29, 1.82) is 0 Å². The van der Waals surface area contributed by atoms with Crippen LogP contribution in [0.2, 0.25) is 0 Å². The Morgan fingerprint density at radius 2 is 2.39 bits per heavy atom. The van der Waals surface area contributed by atoms with Gasteiger partial charge in [-0.3, -0.25) is 4.79 Å². The molecule has 1 fully saturated rings. The highest BCUT2D eigenvalue weighted by atomic mass is 16.5. The number of hydrogen-bond acceptors (Lipinski definition) is 2. The molecule has 4 heteroatoms. The largest absolute Gasteiger partial charge is 0.376 e. The molecule has 2 aromatic rings. The Labute approximate surface area is 105 Å². The van der Waals surface area contributed by atoms with Gasteiger partial charge in [-0.05, 0) is 36.4 Å². The molecule has 0 radical (unpaired) electrons. The van der Waals surface area contributed by atoms with Crippen LogP contribution in [0.5, 0.6) is 0 Å². The first kappa shape index (κ1) is 11.3. The molecule has 94 valence electrons. The second kappa shape index (κ2) is 4.82. The molecule has 0 unspecified atom stereocenters. The zero-order chi connectivity index (χ0) is 12.4. The standard InChI is InChI=1S/C14H16N2O2/c17-14(16-9-12-2-1-7-18-12)11-4-3-10-5-6-15-13(10)8-11/h3-6,8,12,15H,1-2,7,9H2,(H,16,17)/t12-/m1/s1. The van der Waals surface area contributed by atoms with Crippen molar-refractivity contribution in [1.82, 2.24) is 10.3 Å². The molecule has 3 rings (SSSR count). The third kappa shape index (κ3) is 2.24. The fraction of sp³-hybridized carbons (Fsp3) is 0.357. The van der Waals surface area contributed by atoms with Gasteiger partial charge in [-0.2, -0.15) is 0 Å². The number of amides is 1. The molecule has 1 amide bonds. The number of ether oxygens (including phenoxy) is 1. The van der Waals surface area contributed by atoms with Crippen molar-refractivity contribution in [3.63, 3.8) is 0 Å². The average molecular weight is 244 g/mol. The van der Waals surface area contributed by atoms with Crippen molar-refractivity contribution in [2.45, 2.75) is 18.9 Å². The van der Waals surface area contributed by atoms with Gasteiger partial charge in [0.2, 0.25) is 0 Å². The van der Waals surface area contributed by atoms with E-state index in [2.05, 4.69) is 10.3 Å². The van der Waals surface area contributed by atoms with Crippen LogP contribution >= 0.6 is 0 Å². The molecule has 1 aliphatic heterocycles. The zero-order valence-corrected chi connectivity index (χ0v) is 10.1. The maximum atomic E-state index is 12.0. The van der Waals surface area contributed by atoms with Crippen LogP contribution in [0.25, 0.3) is 10.9 Å². The van der Waals surface area contributed by atoms with Gasteiger partial charge in [0.05, 0.1) is 6.10 Å². The SMILES string of the molecule is O=C(NC[C@H]1CCCO1)c1ccc2cc[nH]c2c1.